The lowest BCUT2D eigenvalue weighted by Crippen LogP contribution is -2.19. The minimum atomic E-state index is -0.636. The van der Waals surface area contributed by atoms with E-state index in [2.05, 4.69) is 17.6 Å². The van der Waals surface area contributed by atoms with Gasteiger partial charge in [-0.1, -0.05) is 19.1 Å². The number of hydrogen-bond donors (Lipinski definition) is 3. The summed E-state index contributed by atoms with van der Waals surface area (Å²) >= 11 is 0. The van der Waals surface area contributed by atoms with E-state index < -0.39 is 6.03 Å². The van der Waals surface area contributed by atoms with Gasteiger partial charge in [-0.15, -0.1) is 0 Å². The maximum atomic E-state index is 12.1. The summed E-state index contributed by atoms with van der Waals surface area (Å²) in [5, 5.41) is 5.29. The van der Waals surface area contributed by atoms with Crippen LogP contribution in [0.5, 0.6) is 0 Å². The molecule has 2 rings (SSSR count). The van der Waals surface area contributed by atoms with Gasteiger partial charge in [-0.05, 0) is 48.4 Å². The quantitative estimate of drug-likeness (QED) is 0.805. The maximum Gasteiger partial charge on any atom is 0.316 e. The zero-order valence-corrected chi connectivity index (χ0v) is 11.7. The second-order valence-electron chi connectivity index (χ2n) is 4.57. The molecule has 108 valence electrons. The fourth-order valence-corrected chi connectivity index (χ4v) is 1.92. The third-order valence-electron chi connectivity index (χ3n) is 3.01. The summed E-state index contributed by atoms with van der Waals surface area (Å²) in [5.41, 5.74) is 8.00. The van der Waals surface area contributed by atoms with Crippen molar-refractivity contribution in [3.8, 4) is 0 Å². The highest BCUT2D eigenvalue weighted by molar-refractivity contribution is 6.04. The molecule has 0 radical (unpaired) electrons. The summed E-state index contributed by atoms with van der Waals surface area (Å²) in [5.74, 6) is -0.200. The molecule has 0 spiro atoms. The lowest BCUT2D eigenvalue weighted by atomic mass is 10.1. The largest absolute Gasteiger partial charge is 0.351 e. The molecule has 5 heteroatoms. The first-order valence-corrected chi connectivity index (χ1v) is 6.65. The third kappa shape index (κ3) is 4.07. The molecule has 4 N–H and O–H groups in total. The molecule has 2 aromatic carbocycles. The van der Waals surface area contributed by atoms with E-state index in [0.29, 0.717) is 11.3 Å². The number of anilines is 2. The number of carbonyl (C=O) groups is 2. The van der Waals surface area contributed by atoms with Crippen molar-refractivity contribution in [2.75, 3.05) is 10.6 Å². The van der Waals surface area contributed by atoms with E-state index in [1.54, 1.807) is 24.3 Å². The summed E-state index contributed by atoms with van der Waals surface area (Å²) in [6.45, 7) is 2.06. The van der Waals surface area contributed by atoms with Gasteiger partial charge in [-0.2, -0.15) is 0 Å². The monoisotopic (exact) mass is 283 g/mol. The minimum absolute atomic E-state index is 0.200. The summed E-state index contributed by atoms with van der Waals surface area (Å²) in [4.78, 5) is 22.8. The molecule has 3 amide bonds. The van der Waals surface area contributed by atoms with Crippen LogP contribution in [0.1, 0.15) is 22.8 Å². The Bertz CT molecular complexity index is 651. The van der Waals surface area contributed by atoms with Gasteiger partial charge in [-0.25, -0.2) is 4.79 Å². The third-order valence-corrected chi connectivity index (χ3v) is 3.01. The van der Waals surface area contributed by atoms with Crippen LogP contribution in [0.4, 0.5) is 16.2 Å². The molecule has 0 aliphatic carbocycles. The molecule has 0 atom stereocenters. The first-order valence-electron chi connectivity index (χ1n) is 6.65. The smallest absolute Gasteiger partial charge is 0.316 e. The van der Waals surface area contributed by atoms with Crippen LogP contribution >= 0.6 is 0 Å². The highest BCUT2D eigenvalue weighted by atomic mass is 16.2. The molecule has 0 aliphatic heterocycles. The molecule has 0 saturated heterocycles. The molecule has 0 bridgehead atoms. The Morgan fingerprint density at radius 3 is 2.33 bits per heavy atom. The molecule has 21 heavy (non-hydrogen) atoms. The van der Waals surface area contributed by atoms with Gasteiger partial charge in [0, 0.05) is 16.9 Å². The second kappa shape index (κ2) is 6.56. The van der Waals surface area contributed by atoms with Crippen molar-refractivity contribution in [2.24, 2.45) is 5.73 Å². The van der Waals surface area contributed by atoms with Gasteiger partial charge in [0.25, 0.3) is 5.91 Å². The van der Waals surface area contributed by atoms with Crippen LogP contribution in [0.15, 0.2) is 48.5 Å². The molecule has 0 saturated carbocycles. The number of nitrogens with one attached hydrogen (secondary N) is 2. The molecular weight excluding hydrogens is 266 g/mol. The zero-order valence-electron chi connectivity index (χ0n) is 11.7. The molecule has 0 aromatic heterocycles. The highest BCUT2D eigenvalue weighted by Crippen LogP contribution is 2.14. The van der Waals surface area contributed by atoms with Crippen LogP contribution < -0.4 is 16.4 Å². The maximum absolute atomic E-state index is 12.1. The Morgan fingerprint density at radius 2 is 1.71 bits per heavy atom. The van der Waals surface area contributed by atoms with Crippen molar-refractivity contribution in [3.63, 3.8) is 0 Å². The van der Waals surface area contributed by atoms with Crippen molar-refractivity contribution in [2.45, 2.75) is 13.3 Å². The number of carbonyl (C=O) groups excluding carboxylic acids is 2. The van der Waals surface area contributed by atoms with Crippen molar-refractivity contribution >= 4 is 23.3 Å². The molecule has 0 aliphatic rings. The van der Waals surface area contributed by atoms with E-state index in [1.807, 2.05) is 24.3 Å². The van der Waals surface area contributed by atoms with Crippen LogP contribution in [0, 0.1) is 0 Å². The Hall–Kier alpha value is -2.82. The number of urea groups is 1. The van der Waals surface area contributed by atoms with E-state index in [-0.39, 0.29) is 5.91 Å². The Balaban J connectivity index is 2.07. The fraction of sp³-hybridized carbons (Fsp3) is 0.125. The van der Waals surface area contributed by atoms with E-state index in [0.717, 1.165) is 17.7 Å². The Labute approximate surface area is 123 Å². The van der Waals surface area contributed by atoms with E-state index in [9.17, 15) is 9.59 Å². The predicted octanol–water partition coefficient (Wildman–Crippen LogP) is 2.99. The topological polar surface area (TPSA) is 84.2 Å². The number of rotatable bonds is 4. The Kier molecular flexibility index (Phi) is 4.56. The first-order chi connectivity index (χ1) is 10.1. The molecular formula is C16H17N3O2. The molecule has 0 fully saturated rings. The summed E-state index contributed by atoms with van der Waals surface area (Å²) < 4.78 is 0. The normalized spacial score (nSPS) is 9.95. The second-order valence-corrected chi connectivity index (χ2v) is 4.57. The number of aryl methyl sites for hydroxylation is 1. The number of benzene rings is 2. The first kappa shape index (κ1) is 14.6. The fourth-order valence-electron chi connectivity index (χ4n) is 1.92. The SMILES string of the molecule is CCc1cccc(NC(=O)c2ccc(NC(N)=O)cc2)c1. The number of amides is 3. The molecule has 2 aromatic rings. The van der Waals surface area contributed by atoms with Gasteiger partial charge in [0.1, 0.15) is 0 Å². The standard InChI is InChI=1S/C16H17N3O2/c1-2-11-4-3-5-14(10-11)18-15(20)12-6-8-13(9-7-12)19-16(17)21/h3-10H,2H2,1H3,(H,18,20)(H3,17,19,21). The molecule has 5 nitrogen and oxygen atoms in total. The lowest BCUT2D eigenvalue weighted by Gasteiger charge is -2.07. The van der Waals surface area contributed by atoms with Crippen LogP contribution in [0.3, 0.4) is 0 Å². The Morgan fingerprint density at radius 1 is 1.00 bits per heavy atom. The number of hydrogen-bond acceptors (Lipinski definition) is 2. The van der Waals surface area contributed by atoms with Crippen LogP contribution in [0.2, 0.25) is 0 Å². The van der Waals surface area contributed by atoms with Crippen molar-refractivity contribution in [1.82, 2.24) is 0 Å². The van der Waals surface area contributed by atoms with E-state index in [4.69, 9.17) is 5.73 Å². The highest BCUT2D eigenvalue weighted by Gasteiger charge is 2.06. The summed E-state index contributed by atoms with van der Waals surface area (Å²) in [7, 11) is 0. The van der Waals surface area contributed by atoms with Crippen LogP contribution in [0.25, 0.3) is 0 Å². The molecule has 0 unspecified atom stereocenters. The lowest BCUT2D eigenvalue weighted by molar-refractivity contribution is 0.102. The van der Waals surface area contributed by atoms with Crippen LogP contribution in [-0.2, 0) is 6.42 Å². The average molecular weight is 283 g/mol. The molecule has 0 heterocycles. The average Bonchev–Trinajstić information content (AvgIpc) is 2.47. The van der Waals surface area contributed by atoms with Gasteiger partial charge in [-0.3, -0.25) is 4.79 Å². The van der Waals surface area contributed by atoms with Gasteiger partial charge < -0.3 is 16.4 Å². The number of nitrogens with two attached hydrogens (primary N) is 1. The summed E-state index contributed by atoms with van der Waals surface area (Å²) in [6.07, 6.45) is 0.914. The van der Waals surface area contributed by atoms with Gasteiger partial charge in [0.2, 0.25) is 0 Å². The summed E-state index contributed by atoms with van der Waals surface area (Å²) in [6, 6.07) is 13.6. The van der Waals surface area contributed by atoms with Crippen molar-refractivity contribution in [3.05, 3.63) is 59.7 Å². The van der Waals surface area contributed by atoms with Crippen LogP contribution in [-0.4, -0.2) is 11.9 Å². The van der Waals surface area contributed by atoms with Gasteiger partial charge in [0.05, 0.1) is 0 Å². The zero-order chi connectivity index (χ0) is 15.2. The van der Waals surface area contributed by atoms with E-state index in [1.165, 1.54) is 0 Å². The predicted molar refractivity (Wildman–Crippen MR) is 83.4 cm³/mol. The minimum Gasteiger partial charge on any atom is -0.351 e. The van der Waals surface area contributed by atoms with Gasteiger partial charge >= 0.3 is 6.03 Å². The number of primary amides is 1. The van der Waals surface area contributed by atoms with Gasteiger partial charge in [0.15, 0.2) is 0 Å². The van der Waals surface area contributed by atoms with Crippen molar-refractivity contribution < 1.29 is 9.59 Å². The van der Waals surface area contributed by atoms with Crippen molar-refractivity contribution in [1.29, 1.82) is 0 Å². The van der Waals surface area contributed by atoms with E-state index >= 15 is 0 Å².